The number of nitrogens with one attached hydrogen (secondary N) is 1. The average molecular weight is 548 g/mol. The van der Waals surface area contributed by atoms with Crippen LogP contribution in [0.15, 0.2) is 30.6 Å². The Bertz CT molecular complexity index is 1090. The molecule has 0 unspecified atom stereocenters. The zero-order valence-corrected chi connectivity index (χ0v) is 21.1. The van der Waals surface area contributed by atoms with Crippen molar-refractivity contribution in [3.63, 3.8) is 0 Å². The van der Waals surface area contributed by atoms with Gasteiger partial charge < -0.3 is 15.3 Å². The van der Waals surface area contributed by atoms with Gasteiger partial charge in [0.05, 0.1) is 40.6 Å². The molecule has 38 heavy (non-hydrogen) atoms. The molecule has 1 aromatic carbocycles. The van der Waals surface area contributed by atoms with Gasteiger partial charge in [-0.25, -0.2) is 0 Å². The summed E-state index contributed by atoms with van der Waals surface area (Å²) in [5, 5.41) is 21.9. The molecule has 1 aromatic heterocycles. The molecule has 2 aromatic rings. The van der Waals surface area contributed by atoms with Crippen molar-refractivity contribution in [3.8, 4) is 0 Å². The minimum absolute atomic E-state index is 0.00379. The van der Waals surface area contributed by atoms with Gasteiger partial charge in [-0.15, -0.1) is 0 Å². The molecular formula is C25H31F6N5O2. The topological polar surface area (TPSA) is 83.3 Å². The number of likely N-dealkylation sites (tertiary alicyclic amines) is 1. The fourth-order valence-corrected chi connectivity index (χ4v) is 5.74. The number of aliphatic hydroxyl groups is 1. The van der Waals surface area contributed by atoms with Gasteiger partial charge >= 0.3 is 12.4 Å². The highest BCUT2D eigenvalue weighted by atomic mass is 19.4. The molecule has 2 atom stereocenters. The number of amides is 1. The number of nitrogens with zero attached hydrogens (tertiary/aromatic N) is 4. The number of hydrogen-bond acceptors (Lipinski definition) is 5. The van der Waals surface area contributed by atoms with Gasteiger partial charge in [0.2, 0.25) is 5.91 Å². The van der Waals surface area contributed by atoms with E-state index in [1.165, 1.54) is 13.8 Å². The van der Waals surface area contributed by atoms with Crippen LogP contribution in [-0.4, -0.2) is 55.6 Å². The van der Waals surface area contributed by atoms with Crippen molar-refractivity contribution >= 4 is 5.91 Å². The number of aromatic nitrogens is 3. The van der Waals surface area contributed by atoms with Crippen molar-refractivity contribution in [1.29, 1.82) is 0 Å². The fourth-order valence-electron chi connectivity index (χ4n) is 5.74. The van der Waals surface area contributed by atoms with E-state index in [-0.39, 0.29) is 23.7 Å². The molecule has 2 N–H and O–H groups in total. The molecule has 1 saturated carbocycles. The standard InChI is InChI=1S/C25H31F6N5O2/c1-22(2,38)23(6-3-20(14-23)35-9-4-19(5-10-35)36-33-7-8-34-36)21(37)32-15-16-11-17(24(26,27)28)13-18(12-16)25(29,30)31/h7-8,11-13,19-20,38H,3-6,9-10,14-15H2,1-2H3,(H,32,37)/t20-,23-/m1/s1. The third-order valence-corrected chi connectivity index (χ3v) is 7.97. The zero-order valence-electron chi connectivity index (χ0n) is 21.1. The molecule has 210 valence electrons. The summed E-state index contributed by atoms with van der Waals surface area (Å²) in [6.45, 7) is 4.00. The summed E-state index contributed by atoms with van der Waals surface area (Å²) in [4.78, 5) is 17.4. The van der Waals surface area contributed by atoms with Crippen molar-refractivity contribution in [1.82, 2.24) is 25.2 Å². The van der Waals surface area contributed by atoms with Crippen molar-refractivity contribution < 1.29 is 36.2 Å². The van der Waals surface area contributed by atoms with Gasteiger partial charge in [0.15, 0.2) is 0 Å². The third-order valence-electron chi connectivity index (χ3n) is 7.97. The molecule has 1 saturated heterocycles. The zero-order chi connectivity index (χ0) is 27.9. The minimum atomic E-state index is -4.98. The molecule has 2 heterocycles. The normalized spacial score (nSPS) is 24.1. The van der Waals surface area contributed by atoms with Crippen LogP contribution in [0, 0.1) is 5.41 Å². The van der Waals surface area contributed by atoms with Crippen LogP contribution in [0.5, 0.6) is 0 Å². The minimum Gasteiger partial charge on any atom is -0.389 e. The van der Waals surface area contributed by atoms with E-state index in [4.69, 9.17) is 0 Å². The first-order chi connectivity index (χ1) is 17.6. The lowest BCUT2D eigenvalue weighted by atomic mass is 9.71. The Morgan fingerprint density at radius 2 is 1.53 bits per heavy atom. The van der Waals surface area contributed by atoms with Gasteiger partial charge in [-0.2, -0.15) is 41.3 Å². The number of benzene rings is 1. The van der Waals surface area contributed by atoms with Crippen LogP contribution >= 0.6 is 0 Å². The molecule has 0 spiro atoms. The van der Waals surface area contributed by atoms with E-state index in [0.29, 0.717) is 31.4 Å². The van der Waals surface area contributed by atoms with Crippen LogP contribution < -0.4 is 5.32 Å². The fraction of sp³-hybridized carbons (Fsp3) is 0.640. The predicted octanol–water partition coefficient (Wildman–Crippen LogP) is 4.58. The van der Waals surface area contributed by atoms with Gasteiger partial charge in [0.1, 0.15) is 0 Å². The van der Waals surface area contributed by atoms with Crippen LogP contribution in [0.25, 0.3) is 0 Å². The van der Waals surface area contributed by atoms with Crippen LogP contribution in [0.1, 0.15) is 68.7 Å². The molecule has 2 aliphatic rings. The maximum atomic E-state index is 13.4. The van der Waals surface area contributed by atoms with Gasteiger partial charge in [0, 0.05) is 25.7 Å². The molecule has 1 aliphatic carbocycles. The summed E-state index contributed by atoms with van der Waals surface area (Å²) in [6.07, 6.45) is -3.76. The quantitative estimate of drug-likeness (QED) is 0.518. The second-order valence-electron chi connectivity index (χ2n) is 10.8. The molecule has 0 bridgehead atoms. The molecular weight excluding hydrogens is 516 g/mol. The highest BCUT2D eigenvalue weighted by Gasteiger charge is 2.55. The first-order valence-electron chi connectivity index (χ1n) is 12.5. The predicted molar refractivity (Wildman–Crippen MR) is 125 cm³/mol. The van der Waals surface area contributed by atoms with E-state index in [1.807, 2.05) is 0 Å². The van der Waals surface area contributed by atoms with Crippen LogP contribution in [0.2, 0.25) is 0 Å². The lowest BCUT2D eigenvalue weighted by Crippen LogP contribution is -2.53. The van der Waals surface area contributed by atoms with Gasteiger partial charge in [0.25, 0.3) is 0 Å². The number of hydrogen-bond donors (Lipinski definition) is 2. The monoisotopic (exact) mass is 547 g/mol. The summed E-state index contributed by atoms with van der Waals surface area (Å²) in [5.41, 5.74) is -5.91. The second kappa shape index (κ2) is 10.1. The van der Waals surface area contributed by atoms with Gasteiger partial charge in [-0.1, -0.05) is 0 Å². The molecule has 1 aliphatic heterocycles. The first-order valence-corrected chi connectivity index (χ1v) is 12.5. The third kappa shape index (κ3) is 5.83. The maximum Gasteiger partial charge on any atom is 0.416 e. The number of alkyl halides is 6. The van der Waals surface area contributed by atoms with E-state index in [9.17, 15) is 36.2 Å². The van der Waals surface area contributed by atoms with Gasteiger partial charge in [-0.05, 0) is 69.7 Å². The molecule has 0 radical (unpaired) electrons. The van der Waals surface area contributed by atoms with E-state index < -0.39 is 46.9 Å². The van der Waals surface area contributed by atoms with Crippen LogP contribution in [0.4, 0.5) is 26.3 Å². The Labute approximate surface area is 216 Å². The Hall–Kier alpha value is -2.67. The molecule has 4 rings (SSSR count). The van der Waals surface area contributed by atoms with Crippen LogP contribution in [0.3, 0.4) is 0 Å². The van der Waals surface area contributed by atoms with Crippen molar-refractivity contribution in [3.05, 3.63) is 47.3 Å². The Kier molecular flexibility index (Phi) is 7.56. The van der Waals surface area contributed by atoms with Crippen LogP contribution in [-0.2, 0) is 23.7 Å². The summed E-state index contributed by atoms with van der Waals surface area (Å²) in [7, 11) is 0. The van der Waals surface area contributed by atoms with E-state index in [0.717, 1.165) is 25.9 Å². The highest BCUT2D eigenvalue weighted by molar-refractivity contribution is 5.84. The summed E-state index contributed by atoms with van der Waals surface area (Å²) >= 11 is 0. The summed E-state index contributed by atoms with van der Waals surface area (Å²) < 4.78 is 79.3. The lowest BCUT2D eigenvalue weighted by Gasteiger charge is -2.41. The van der Waals surface area contributed by atoms with Crippen molar-refractivity contribution in [2.24, 2.45) is 5.41 Å². The number of halogens is 6. The Balaban J connectivity index is 1.46. The van der Waals surface area contributed by atoms with E-state index in [1.54, 1.807) is 17.2 Å². The van der Waals surface area contributed by atoms with Crippen molar-refractivity contribution in [2.75, 3.05) is 13.1 Å². The molecule has 13 heteroatoms. The number of piperidine rings is 1. The molecule has 1 amide bonds. The Morgan fingerprint density at radius 1 is 0.974 bits per heavy atom. The second-order valence-corrected chi connectivity index (χ2v) is 10.8. The molecule has 7 nitrogen and oxygen atoms in total. The Morgan fingerprint density at radius 3 is 2.03 bits per heavy atom. The van der Waals surface area contributed by atoms with Gasteiger partial charge in [-0.3, -0.25) is 4.79 Å². The largest absolute Gasteiger partial charge is 0.416 e. The average Bonchev–Trinajstić information content (AvgIpc) is 3.52. The SMILES string of the molecule is CC(C)(O)[C@]1(C(=O)NCc2cc(C(F)(F)F)cc(C(F)(F)F)c2)CC[C@@H](N2CCC(n3nccn3)CC2)C1. The lowest BCUT2D eigenvalue weighted by molar-refractivity contribution is -0.147. The number of carbonyl (C=O) groups is 1. The van der Waals surface area contributed by atoms with E-state index >= 15 is 0 Å². The smallest absolute Gasteiger partial charge is 0.389 e. The molecule has 2 fully saturated rings. The first kappa shape index (κ1) is 28.3. The van der Waals surface area contributed by atoms with Crippen molar-refractivity contribution in [2.45, 2.75) is 82.5 Å². The maximum absolute atomic E-state index is 13.4. The van der Waals surface area contributed by atoms with E-state index in [2.05, 4.69) is 20.4 Å². The number of rotatable bonds is 6. The summed E-state index contributed by atoms with van der Waals surface area (Å²) in [5.74, 6) is -0.589. The number of carbonyl (C=O) groups excluding carboxylic acids is 1. The highest BCUT2D eigenvalue weighted by Crippen LogP contribution is 2.49. The summed E-state index contributed by atoms with van der Waals surface area (Å²) in [6, 6.07) is 1.43.